The molecule has 4 aromatic rings. The number of carbonyl (C=O) groups excluding carboxylic acids is 1. The Hall–Kier alpha value is -3.78. The summed E-state index contributed by atoms with van der Waals surface area (Å²) in [6.45, 7) is 16.9. The number of hydrogen-bond donors (Lipinski definition) is 2. The summed E-state index contributed by atoms with van der Waals surface area (Å²) >= 11 is 0. The number of benzene rings is 1. The highest BCUT2D eigenvalue weighted by Crippen LogP contribution is 2.36. The topological polar surface area (TPSA) is 115 Å². The van der Waals surface area contributed by atoms with E-state index in [1.54, 1.807) is 11.8 Å². The fourth-order valence-electron chi connectivity index (χ4n) is 6.03. The maximum atomic E-state index is 13.8. The van der Waals surface area contributed by atoms with Crippen LogP contribution in [0.15, 0.2) is 36.8 Å². The van der Waals surface area contributed by atoms with Gasteiger partial charge in [-0.3, -0.25) is 14.4 Å². The molecule has 1 aliphatic rings. The van der Waals surface area contributed by atoms with E-state index < -0.39 is 8.07 Å². The molecule has 1 atom stereocenters. The molecule has 0 saturated carbocycles. The zero-order valence-corrected chi connectivity index (χ0v) is 30.3. The second-order valence-corrected chi connectivity index (χ2v) is 19.3. The van der Waals surface area contributed by atoms with Gasteiger partial charge in [0, 0.05) is 77.8 Å². The van der Waals surface area contributed by atoms with Crippen molar-refractivity contribution in [1.29, 1.82) is 0 Å². The predicted octanol–water partition coefficient (Wildman–Crippen LogP) is 5.21. The lowest BCUT2D eigenvalue weighted by Crippen LogP contribution is -2.52. The molecule has 1 saturated heterocycles. The normalized spacial score (nSPS) is 15.2. The first kappa shape index (κ1) is 34.5. The van der Waals surface area contributed by atoms with Crippen molar-refractivity contribution in [2.75, 3.05) is 64.2 Å². The van der Waals surface area contributed by atoms with Gasteiger partial charge in [0.1, 0.15) is 5.69 Å². The first-order valence-corrected chi connectivity index (χ1v) is 20.3. The number of fused-ring (bicyclic) bond motifs is 1. The van der Waals surface area contributed by atoms with Crippen LogP contribution < -0.4 is 15.4 Å². The summed E-state index contributed by atoms with van der Waals surface area (Å²) in [7, 11) is 4.36. The minimum atomic E-state index is -1.19. The second kappa shape index (κ2) is 15.0. The monoisotopic (exact) mass is 661 g/mol. The molecule has 0 aliphatic carbocycles. The van der Waals surface area contributed by atoms with Gasteiger partial charge >= 0.3 is 0 Å². The van der Waals surface area contributed by atoms with Crippen LogP contribution in [0.2, 0.25) is 25.7 Å². The van der Waals surface area contributed by atoms with Crippen LogP contribution in [0.4, 0.5) is 17.3 Å². The van der Waals surface area contributed by atoms with Crippen LogP contribution >= 0.6 is 0 Å². The van der Waals surface area contributed by atoms with E-state index >= 15 is 0 Å². The van der Waals surface area contributed by atoms with Gasteiger partial charge in [0.15, 0.2) is 0 Å². The number of aryl methyl sites for hydroxylation is 2. The molecule has 5 rings (SSSR count). The number of aromatic nitrogens is 5. The molecule has 254 valence electrons. The van der Waals surface area contributed by atoms with Gasteiger partial charge < -0.3 is 29.6 Å². The lowest BCUT2D eigenvalue weighted by Gasteiger charge is -2.36. The Labute approximate surface area is 279 Å². The number of para-hydroxylation sites is 1. The minimum Gasteiger partial charge on any atom is -0.478 e. The number of anilines is 3. The van der Waals surface area contributed by atoms with E-state index in [9.17, 15) is 4.79 Å². The maximum Gasteiger partial charge on any atom is 0.256 e. The summed E-state index contributed by atoms with van der Waals surface area (Å²) in [4.78, 5) is 28.0. The molecule has 1 aromatic carbocycles. The number of piperazine rings is 1. The van der Waals surface area contributed by atoms with Gasteiger partial charge in [-0.15, -0.1) is 5.10 Å². The largest absolute Gasteiger partial charge is 0.478 e. The van der Waals surface area contributed by atoms with Crippen molar-refractivity contribution in [3.05, 3.63) is 42.4 Å². The van der Waals surface area contributed by atoms with Gasteiger partial charge in [-0.25, -0.2) is 9.97 Å². The van der Waals surface area contributed by atoms with Crippen LogP contribution in [0.25, 0.3) is 22.2 Å². The van der Waals surface area contributed by atoms with E-state index in [4.69, 9.17) is 14.5 Å². The maximum absolute atomic E-state index is 13.8. The number of ether oxygens (including phenoxy) is 2. The summed E-state index contributed by atoms with van der Waals surface area (Å²) in [5, 5.41) is 11.9. The number of hydrogen-bond acceptors (Lipinski definition) is 9. The number of nitrogens with zero attached hydrogens (tertiary/aromatic N) is 7. The van der Waals surface area contributed by atoms with Crippen molar-refractivity contribution in [3.63, 3.8) is 0 Å². The Morgan fingerprint density at radius 2 is 1.83 bits per heavy atom. The molecule has 4 heterocycles. The van der Waals surface area contributed by atoms with Crippen molar-refractivity contribution >= 4 is 42.2 Å². The molecule has 1 aliphatic heterocycles. The SMILES string of the molecule is CCC(C(=O)Nc1cccc2c(-c3nc(Nc4cn(C)nc4OC)ncc3C)cn(CCOCC[Si](C)(C)C)c12)N1CCN(C)CC1. The highest BCUT2D eigenvalue weighted by molar-refractivity contribution is 6.76. The van der Waals surface area contributed by atoms with E-state index in [1.165, 1.54) is 0 Å². The molecule has 3 aromatic heterocycles. The lowest BCUT2D eigenvalue weighted by atomic mass is 10.1. The van der Waals surface area contributed by atoms with Crippen molar-refractivity contribution < 1.29 is 14.3 Å². The number of nitrogens with one attached hydrogen (secondary N) is 2. The summed E-state index contributed by atoms with van der Waals surface area (Å²) in [6.07, 6.45) is 6.53. The summed E-state index contributed by atoms with van der Waals surface area (Å²) in [5.41, 5.74) is 5.14. The van der Waals surface area contributed by atoms with Crippen molar-refractivity contribution in [2.24, 2.45) is 7.05 Å². The van der Waals surface area contributed by atoms with E-state index in [2.05, 4.69) is 81.0 Å². The predicted molar refractivity (Wildman–Crippen MR) is 191 cm³/mol. The average Bonchev–Trinajstić information content (AvgIpc) is 3.58. The third kappa shape index (κ3) is 8.39. The van der Waals surface area contributed by atoms with E-state index in [0.29, 0.717) is 30.7 Å². The molecule has 47 heavy (non-hydrogen) atoms. The highest BCUT2D eigenvalue weighted by atomic mass is 28.3. The molecule has 13 heteroatoms. The number of carbonyl (C=O) groups is 1. The van der Waals surface area contributed by atoms with E-state index in [1.807, 2.05) is 38.5 Å². The van der Waals surface area contributed by atoms with Crippen LogP contribution in [-0.2, 0) is 23.1 Å². The van der Waals surface area contributed by atoms with Gasteiger partial charge in [0.2, 0.25) is 11.9 Å². The molecule has 1 amide bonds. The standard InChI is InChI=1S/C34H51N9O3Si/c1-9-29(42-15-13-40(3)14-16-42)32(44)36-27-12-10-11-25-26(22-43(31(25)27)17-18-46-19-20-47(6,7)8)30-24(2)21-35-34(38-30)37-28-23-41(4)39-33(28)45-5/h10-12,21-23,29H,9,13-20H2,1-8H3,(H,36,44)(H,35,37,38). The fraction of sp³-hybridized carbons (Fsp3) is 0.529. The van der Waals surface area contributed by atoms with Crippen molar-refractivity contribution in [1.82, 2.24) is 34.1 Å². The van der Waals surface area contributed by atoms with Gasteiger partial charge in [-0.2, -0.15) is 0 Å². The van der Waals surface area contributed by atoms with Crippen LogP contribution in [0.1, 0.15) is 18.9 Å². The second-order valence-electron chi connectivity index (χ2n) is 13.7. The molecule has 0 bridgehead atoms. The molecule has 1 unspecified atom stereocenters. The van der Waals surface area contributed by atoms with Crippen molar-refractivity contribution in [3.8, 4) is 17.1 Å². The molecule has 2 N–H and O–H groups in total. The fourth-order valence-corrected chi connectivity index (χ4v) is 6.79. The van der Waals surface area contributed by atoms with Crippen molar-refractivity contribution in [2.45, 2.75) is 58.5 Å². The average molecular weight is 662 g/mol. The molecular formula is C34H51N9O3Si. The molecule has 0 radical (unpaired) electrons. The molecule has 1 fully saturated rings. The Morgan fingerprint density at radius 3 is 2.53 bits per heavy atom. The zero-order chi connectivity index (χ0) is 33.7. The first-order valence-electron chi connectivity index (χ1n) is 16.6. The number of likely N-dealkylation sites (N-methyl/N-ethyl adjacent to an activating group) is 1. The molecular weight excluding hydrogens is 611 g/mol. The van der Waals surface area contributed by atoms with Gasteiger partial charge in [0.05, 0.1) is 42.9 Å². The van der Waals surface area contributed by atoms with Crippen LogP contribution in [0.3, 0.4) is 0 Å². The van der Waals surface area contributed by atoms with Gasteiger partial charge in [-0.1, -0.05) is 38.7 Å². The zero-order valence-electron chi connectivity index (χ0n) is 29.3. The third-order valence-electron chi connectivity index (χ3n) is 8.76. The summed E-state index contributed by atoms with van der Waals surface area (Å²) in [5.74, 6) is 0.932. The van der Waals surface area contributed by atoms with Crippen LogP contribution in [0.5, 0.6) is 5.88 Å². The first-order chi connectivity index (χ1) is 22.5. The molecule has 0 spiro atoms. The van der Waals surface area contributed by atoms with Gasteiger partial charge in [-0.05, 0) is 38.1 Å². The summed E-state index contributed by atoms with van der Waals surface area (Å²) in [6, 6.07) is 7.03. The Balaban J connectivity index is 1.49. The Bertz CT molecular complexity index is 1670. The minimum absolute atomic E-state index is 0.0281. The third-order valence-corrected chi connectivity index (χ3v) is 10.5. The quantitative estimate of drug-likeness (QED) is 0.139. The van der Waals surface area contributed by atoms with Gasteiger partial charge in [0.25, 0.3) is 5.88 Å². The number of amides is 1. The van der Waals surface area contributed by atoms with E-state index in [-0.39, 0.29) is 11.9 Å². The highest BCUT2D eigenvalue weighted by Gasteiger charge is 2.28. The Kier molecular flexibility index (Phi) is 11.0. The van der Waals surface area contributed by atoms with E-state index in [0.717, 1.165) is 78.7 Å². The van der Waals surface area contributed by atoms with Crippen LogP contribution in [-0.4, -0.2) is 108 Å². The number of methoxy groups -OCH3 is 1. The summed E-state index contributed by atoms with van der Waals surface area (Å²) < 4.78 is 15.4. The number of rotatable bonds is 14. The van der Waals surface area contributed by atoms with Crippen LogP contribution in [0, 0.1) is 6.92 Å². The smallest absolute Gasteiger partial charge is 0.256 e. The molecule has 12 nitrogen and oxygen atoms in total. The lowest BCUT2D eigenvalue weighted by molar-refractivity contribution is -0.122. The Morgan fingerprint density at radius 1 is 1.06 bits per heavy atom.